The summed E-state index contributed by atoms with van der Waals surface area (Å²) in [6.07, 6.45) is 0. The summed E-state index contributed by atoms with van der Waals surface area (Å²) in [7, 11) is 1.37. The van der Waals surface area contributed by atoms with Crippen LogP contribution in [-0.2, 0) is 4.74 Å². The van der Waals surface area contributed by atoms with Crippen LogP contribution in [0.1, 0.15) is 10.4 Å². The number of nitrogens with zero attached hydrogens (tertiary/aromatic N) is 2. The number of hydrogen-bond acceptors (Lipinski definition) is 6. The molecule has 0 aromatic heterocycles. The van der Waals surface area contributed by atoms with Gasteiger partial charge in [0.15, 0.2) is 0 Å². The lowest BCUT2D eigenvalue weighted by atomic mass is 9.72. The molecule has 2 fully saturated rings. The van der Waals surface area contributed by atoms with Crippen LogP contribution in [0.3, 0.4) is 0 Å². The first-order chi connectivity index (χ1) is 12.0. The van der Waals surface area contributed by atoms with Crippen LogP contribution in [-0.4, -0.2) is 39.3 Å². The summed E-state index contributed by atoms with van der Waals surface area (Å²) in [4.78, 5) is 16.4. The van der Waals surface area contributed by atoms with Crippen molar-refractivity contribution in [2.75, 3.05) is 54.6 Å². The number of para-hydroxylation sites is 1. The van der Waals surface area contributed by atoms with Crippen LogP contribution in [0.25, 0.3) is 0 Å². The van der Waals surface area contributed by atoms with Gasteiger partial charge in [-0.25, -0.2) is 4.79 Å². The molecule has 1 spiro atoms. The standard InChI is InChI=1S/C19H22N4O2/c1-25-18(24)15-6-3-7-16(17(15)21)23-11-19(12-23)9-22(10-19)14-5-2-4-13(20)8-14/h2-8H,9-12,20-21H2,1H3. The van der Waals surface area contributed by atoms with E-state index in [1.54, 1.807) is 6.07 Å². The second-order valence-electron chi connectivity index (χ2n) is 7.04. The van der Waals surface area contributed by atoms with Crippen molar-refractivity contribution in [2.24, 2.45) is 5.41 Å². The highest BCUT2D eigenvalue weighted by molar-refractivity contribution is 5.98. The number of carbonyl (C=O) groups excluding carboxylic acids is 1. The topological polar surface area (TPSA) is 84.8 Å². The molecule has 25 heavy (non-hydrogen) atoms. The number of nitrogens with two attached hydrogens (primary N) is 2. The zero-order valence-corrected chi connectivity index (χ0v) is 14.2. The van der Waals surface area contributed by atoms with E-state index < -0.39 is 5.97 Å². The smallest absolute Gasteiger partial charge is 0.340 e. The predicted molar refractivity (Wildman–Crippen MR) is 99.9 cm³/mol. The van der Waals surface area contributed by atoms with Gasteiger partial charge in [-0.3, -0.25) is 0 Å². The molecule has 0 saturated carbocycles. The zero-order chi connectivity index (χ0) is 17.6. The van der Waals surface area contributed by atoms with Crippen molar-refractivity contribution in [1.29, 1.82) is 0 Å². The van der Waals surface area contributed by atoms with Crippen LogP contribution in [0.5, 0.6) is 0 Å². The van der Waals surface area contributed by atoms with E-state index >= 15 is 0 Å². The molecule has 2 aliphatic rings. The zero-order valence-electron chi connectivity index (χ0n) is 14.2. The van der Waals surface area contributed by atoms with Gasteiger partial charge in [0, 0.05) is 43.0 Å². The molecule has 6 heteroatoms. The minimum Gasteiger partial charge on any atom is -0.465 e. The van der Waals surface area contributed by atoms with E-state index in [4.69, 9.17) is 16.2 Å². The summed E-state index contributed by atoms with van der Waals surface area (Å²) in [6, 6.07) is 13.5. The van der Waals surface area contributed by atoms with Gasteiger partial charge in [0.1, 0.15) is 0 Å². The number of rotatable bonds is 3. The lowest BCUT2D eigenvalue weighted by Gasteiger charge is -2.61. The first kappa shape index (κ1) is 15.6. The van der Waals surface area contributed by atoms with Gasteiger partial charge in [0.25, 0.3) is 0 Å². The summed E-state index contributed by atoms with van der Waals surface area (Å²) in [6.45, 7) is 3.92. The average molecular weight is 338 g/mol. The van der Waals surface area contributed by atoms with E-state index in [2.05, 4.69) is 15.9 Å². The Balaban J connectivity index is 1.43. The molecule has 0 aliphatic carbocycles. The highest BCUT2D eigenvalue weighted by Gasteiger charge is 2.52. The molecule has 4 rings (SSSR count). The summed E-state index contributed by atoms with van der Waals surface area (Å²) >= 11 is 0. The Bertz CT molecular complexity index is 822. The number of hydrogen-bond donors (Lipinski definition) is 2. The first-order valence-electron chi connectivity index (χ1n) is 8.34. The van der Waals surface area contributed by atoms with E-state index in [1.807, 2.05) is 30.3 Å². The van der Waals surface area contributed by atoms with Crippen LogP contribution in [0.15, 0.2) is 42.5 Å². The van der Waals surface area contributed by atoms with E-state index in [0.29, 0.717) is 16.7 Å². The molecule has 2 aromatic carbocycles. The van der Waals surface area contributed by atoms with Crippen molar-refractivity contribution in [1.82, 2.24) is 0 Å². The molecule has 0 amide bonds. The molecule has 2 aliphatic heterocycles. The minimum absolute atomic E-state index is 0.304. The van der Waals surface area contributed by atoms with Gasteiger partial charge in [0.2, 0.25) is 0 Å². The molecular formula is C19H22N4O2. The first-order valence-corrected chi connectivity index (χ1v) is 8.34. The number of carbonyl (C=O) groups is 1. The Kier molecular flexibility index (Phi) is 3.49. The van der Waals surface area contributed by atoms with E-state index in [-0.39, 0.29) is 0 Å². The Morgan fingerprint density at radius 3 is 2.40 bits per heavy atom. The molecule has 2 saturated heterocycles. The maximum absolute atomic E-state index is 11.8. The second-order valence-corrected chi connectivity index (χ2v) is 7.04. The van der Waals surface area contributed by atoms with Gasteiger partial charge in [-0.15, -0.1) is 0 Å². The molecule has 0 bridgehead atoms. The summed E-state index contributed by atoms with van der Waals surface area (Å²) in [5, 5.41) is 0. The fourth-order valence-electron chi connectivity index (χ4n) is 3.92. The fourth-order valence-corrected chi connectivity index (χ4v) is 3.92. The summed E-state index contributed by atoms with van der Waals surface area (Å²) in [5.41, 5.74) is 16.2. The molecule has 0 radical (unpaired) electrons. The molecule has 2 aromatic rings. The van der Waals surface area contributed by atoms with Crippen molar-refractivity contribution in [3.05, 3.63) is 48.0 Å². The number of benzene rings is 2. The Morgan fingerprint density at radius 2 is 1.72 bits per heavy atom. The van der Waals surface area contributed by atoms with Crippen LogP contribution >= 0.6 is 0 Å². The monoisotopic (exact) mass is 338 g/mol. The van der Waals surface area contributed by atoms with Crippen LogP contribution in [0.4, 0.5) is 22.7 Å². The quantitative estimate of drug-likeness (QED) is 0.657. The number of nitrogen functional groups attached to an aromatic ring is 2. The van der Waals surface area contributed by atoms with E-state index in [0.717, 1.165) is 37.6 Å². The SMILES string of the molecule is COC(=O)c1cccc(N2CC3(CN(c4cccc(N)c4)C3)C2)c1N. The third-order valence-corrected chi connectivity index (χ3v) is 5.17. The van der Waals surface area contributed by atoms with Crippen molar-refractivity contribution < 1.29 is 9.53 Å². The summed E-state index contributed by atoms with van der Waals surface area (Å²) in [5.74, 6) is -0.397. The normalized spacial score (nSPS) is 17.8. The lowest BCUT2D eigenvalue weighted by molar-refractivity contribution is 0.0602. The number of anilines is 4. The largest absolute Gasteiger partial charge is 0.465 e. The van der Waals surface area contributed by atoms with Gasteiger partial charge in [-0.2, -0.15) is 0 Å². The third-order valence-electron chi connectivity index (χ3n) is 5.17. The van der Waals surface area contributed by atoms with Crippen LogP contribution in [0, 0.1) is 5.41 Å². The molecule has 4 N–H and O–H groups in total. The molecule has 130 valence electrons. The average Bonchev–Trinajstić information content (AvgIpc) is 2.53. The van der Waals surface area contributed by atoms with Gasteiger partial charge in [0.05, 0.1) is 24.0 Å². The highest BCUT2D eigenvalue weighted by Crippen LogP contribution is 2.45. The van der Waals surface area contributed by atoms with Crippen LogP contribution in [0.2, 0.25) is 0 Å². The van der Waals surface area contributed by atoms with E-state index in [9.17, 15) is 4.79 Å². The van der Waals surface area contributed by atoms with Crippen molar-refractivity contribution in [3.8, 4) is 0 Å². The van der Waals surface area contributed by atoms with Crippen LogP contribution < -0.4 is 21.3 Å². The van der Waals surface area contributed by atoms with E-state index in [1.165, 1.54) is 12.8 Å². The molecule has 6 nitrogen and oxygen atoms in total. The third kappa shape index (κ3) is 2.54. The van der Waals surface area contributed by atoms with Gasteiger partial charge in [-0.05, 0) is 30.3 Å². The Morgan fingerprint density at radius 1 is 1.04 bits per heavy atom. The van der Waals surface area contributed by atoms with Crippen molar-refractivity contribution in [3.63, 3.8) is 0 Å². The molecule has 0 atom stereocenters. The van der Waals surface area contributed by atoms with Gasteiger partial charge in [-0.1, -0.05) is 12.1 Å². The highest BCUT2D eigenvalue weighted by atomic mass is 16.5. The number of esters is 1. The Labute approximate surface area is 147 Å². The Hall–Kier alpha value is -2.89. The lowest BCUT2D eigenvalue weighted by Crippen LogP contribution is -2.72. The molecular weight excluding hydrogens is 316 g/mol. The summed E-state index contributed by atoms with van der Waals surface area (Å²) < 4.78 is 4.80. The van der Waals surface area contributed by atoms with Crippen molar-refractivity contribution >= 4 is 28.7 Å². The maximum Gasteiger partial charge on any atom is 0.340 e. The molecule has 2 heterocycles. The number of methoxy groups -OCH3 is 1. The van der Waals surface area contributed by atoms with Crippen molar-refractivity contribution in [2.45, 2.75) is 0 Å². The predicted octanol–water partition coefficient (Wildman–Crippen LogP) is 1.96. The van der Waals surface area contributed by atoms with Gasteiger partial charge < -0.3 is 26.0 Å². The number of ether oxygens (including phenoxy) is 1. The second kappa shape index (κ2) is 5.58. The van der Waals surface area contributed by atoms with Gasteiger partial charge >= 0.3 is 5.97 Å². The maximum atomic E-state index is 11.8. The fraction of sp³-hybridized carbons (Fsp3) is 0.316. The molecule has 0 unspecified atom stereocenters. The minimum atomic E-state index is -0.397.